The number of nitrogen functional groups attached to an aromatic ring is 1. The van der Waals surface area contributed by atoms with E-state index in [1.165, 1.54) is 6.07 Å². The van der Waals surface area contributed by atoms with Crippen LogP contribution < -0.4 is 10.5 Å². The summed E-state index contributed by atoms with van der Waals surface area (Å²) >= 11 is 8.61. The van der Waals surface area contributed by atoms with Crippen LogP contribution in [-0.4, -0.2) is 8.42 Å². The summed E-state index contributed by atoms with van der Waals surface area (Å²) in [6.45, 7) is 0. The second-order valence-corrected chi connectivity index (χ2v) is 6.96. The second-order valence-electron chi connectivity index (χ2n) is 4.04. The van der Waals surface area contributed by atoms with Gasteiger partial charge in [0.25, 0.3) is 10.0 Å². The molecular formula is C12H8BrClF2N2O2S. The molecule has 0 bridgehead atoms. The Hall–Kier alpha value is -1.38. The highest BCUT2D eigenvalue weighted by atomic mass is 79.9. The van der Waals surface area contributed by atoms with E-state index in [1.807, 2.05) is 0 Å². The van der Waals surface area contributed by atoms with Crippen LogP contribution in [0, 0.1) is 11.6 Å². The molecule has 0 radical (unpaired) electrons. The average Bonchev–Trinajstić information content (AvgIpc) is 2.37. The molecule has 0 saturated heterocycles. The molecule has 3 N–H and O–H groups in total. The van der Waals surface area contributed by atoms with E-state index in [4.69, 9.17) is 17.3 Å². The van der Waals surface area contributed by atoms with Gasteiger partial charge in [0.15, 0.2) is 5.82 Å². The highest BCUT2D eigenvalue weighted by Crippen LogP contribution is 2.29. The Balaban J connectivity index is 2.48. The Morgan fingerprint density at radius 3 is 2.48 bits per heavy atom. The number of halogens is 4. The van der Waals surface area contributed by atoms with Crippen LogP contribution in [0.4, 0.5) is 20.2 Å². The largest absolute Gasteiger partial charge is 0.399 e. The fourth-order valence-corrected chi connectivity index (χ4v) is 3.65. The van der Waals surface area contributed by atoms with Gasteiger partial charge in [0.1, 0.15) is 10.7 Å². The van der Waals surface area contributed by atoms with Crippen LogP contribution in [0.25, 0.3) is 0 Å². The van der Waals surface area contributed by atoms with E-state index >= 15 is 0 Å². The van der Waals surface area contributed by atoms with Crippen molar-refractivity contribution < 1.29 is 17.2 Å². The van der Waals surface area contributed by atoms with E-state index in [2.05, 4.69) is 20.7 Å². The van der Waals surface area contributed by atoms with E-state index in [0.717, 1.165) is 24.3 Å². The molecule has 0 amide bonds. The standard InChI is InChI=1S/C12H8BrClF2N2O2S/c13-8-4-7(17)5-11(12(8)16)21(19,20)18-10-2-1-6(15)3-9(10)14/h1-5,18H,17H2. The Morgan fingerprint density at radius 1 is 1.19 bits per heavy atom. The molecule has 2 aromatic rings. The summed E-state index contributed by atoms with van der Waals surface area (Å²) in [7, 11) is -4.27. The quantitative estimate of drug-likeness (QED) is 0.775. The van der Waals surface area contributed by atoms with Gasteiger partial charge in [-0.1, -0.05) is 11.6 Å². The Labute approximate surface area is 133 Å². The highest BCUT2D eigenvalue weighted by molar-refractivity contribution is 9.10. The predicted molar refractivity (Wildman–Crippen MR) is 80.7 cm³/mol. The van der Waals surface area contributed by atoms with Crippen molar-refractivity contribution in [2.24, 2.45) is 0 Å². The van der Waals surface area contributed by atoms with E-state index in [0.29, 0.717) is 0 Å². The molecule has 0 fully saturated rings. The van der Waals surface area contributed by atoms with Gasteiger partial charge in [0, 0.05) is 5.69 Å². The fourth-order valence-electron chi connectivity index (χ4n) is 1.55. The Bertz CT molecular complexity index is 815. The lowest BCUT2D eigenvalue weighted by Gasteiger charge is -2.11. The van der Waals surface area contributed by atoms with Gasteiger partial charge < -0.3 is 5.73 Å². The first-order valence-corrected chi connectivity index (χ1v) is 8.08. The minimum absolute atomic E-state index is 0.0638. The fraction of sp³-hybridized carbons (Fsp3) is 0. The molecule has 0 spiro atoms. The van der Waals surface area contributed by atoms with E-state index in [-0.39, 0.29) is 20.9 Å². The number of rotatable bonds is 3. The number of hydrogen-bond acceptors (Lipinski definition) is 3. The molecule has 0 atom stereocenters. The topological polar surface area (TPSA) is 72.2 Å². The highest BCUT2D eigenvalue weighted by Gasteiger charge is 2.22. The molecule has 21 heavy (non-hydrogen) atoms. The number of hydrogen-bond donors (Lipinski definition) is 2. The van der Waals surface area contributed by atoms with Gasteiger partial charge in [0.05, 0.1) is 15.2 Å². The van der Waals surface area contributed by atoms with Crippen LogP contribution in [0.3, 0.4) is 0 Å². The Kier molecular flexibility index (Phi) is 4.40. The first-order chi connectivity index (χ1) is 9.70. The first kappa shape index (κ1) is 16.0. The van der Waals surface area contributed by atoms with Crippen LogP contribution in [0.2, 0.25) is 5.02 Å². The molecule has 0 unspecified atom stereocenters. The minimum Gasteiger partial charge on any atom is -0.399 e. The molecule has 0 aliphatic heterocycles. The average molecular weight is 398 g/mol. The number of nitrogens with one attached hydrogen (secondary N) is 1. The van der Waals surface area contributed by atoms with Gasteiger partial charge in [0.2, 0.25) is 0 Å². The third kappa shape index (κ3) is 3.45. The molecule has 0 heterocycles. The van der Waals surface area contributed by atoms with Crippen molar-refractivity contribution in [1.29, 1.82) is 0 Å². The zero-order valence-electron chi connectivity index (χ0n) is 10.2. The molecule has 9 heteroatoms. The van der Waals surface area contributed by atoms with E-state index in [9.17, 15) is 17.2 Å². The summed E-state index contributed by atoms with van der Waals surface area (Å²) in [5, 5.41) is -0.151. The normalized spacial score (nSPS) is 11.4. The zero-order valence-corrected chi connectivity index (χ0v) is 13.4. The Morgan fingerprint density at radius 2 is 1.86 bits per heavy atom. The monoisotopic (exact) mass is 396 g/mol. The van der Waals surface area contributed by atoms with Crippen molar-refractivity contribution in [3.05, 3.63) is 51.5 Å². The van der Waals surface area contributed by atoms with Crippen molar-refractivity contribution in [3.63, 3.8) is 0 Å². The van der Waals surface area contributed by atoms with Crippen molar-refractivity contribution in [3.8, 4) is 0 Å². The van der Waals surface area contributed by atoms with Gasteiger partial charge in [-0.25, -0.2) is 17.2 Å². The van der Waals surface area contributed by atoms with Crippen molar-refractivity contribution in [2.45, 2.75) is 4.90 Å². The smallest absolute Gasteiger partial charge is 0.264 e. The van der Waals surface area contributed by atoms with Gasteiger partial charge in [-0.15, -0.1) is 0 Å². The van der Waals surface area contributed by atoms with Gasteiger partial charge in [-0.05, 0) is 46.3 Å². The number of sulfonamides is 1. The molecule has 2 aromatic carbocycles. The molecule has 0 aromatic heterocycles. The van der Waals surface area contributed by atoms with Crippen molar-refractivity contribution >= 4 is 48.9 Å². The second kappa shape index (κ2) is 5.78. The predicted octanol–water partition coefficient (Wildman–Crippen LogP) is 3.76. The van der Waals surface area contributed by atoms with Crippen LogP contribution in [0.15, 0.2) is 39.7 Å². The maximum Gasteiger partial charge on any atom is 0.264 e. The number of benzene rings is 2. The number of anilines is 2. The summed E-state index contributed by atoms with van der Waals surface area (Å²) in [6.07, 6.45) is 0. The van der Waals surface area contributed by atoms with E-state index in [1.54, 1.807) is 0 Å². The maximum absolute atomic E-state index is 13.9. The summed E-state index contributed by atoms with van der Waals surface area (Å²) in [4.78, 5) is -0.644. The third-order valence-electron chi connectivity index (χ3n) is 2.48. The van der Waals surface area contributed by atoms with Gasteiger partial charge in [-0.2, -0.15) is 0 Å². The first-order valence-electron chi connectivity index (χ1n) is 5.43. The van der Waals surface area contributed by atoms with Crippen LogP contribution in [0.5, 0.6) is 0 Å². The zero-order chi connectivity index (χ0) is 15.8. The molecule has 0 saturated carbocycles. The van der Waals surface area contributed by atoms with Gasteiger partial charge >= 0.3 is 0 Å². The molecular weight excluding hydrogens is 390 g/mol. The van der Waals surface area contributed by atoms with Crippen LogP contribution in [0.1, 0.15) is 0 Å². The molecule has 4 nitrogen and oxygen atoms in total. The van der Waals surface area contributed by atoms with Crippen molar-refractivity contribution in [2.75, 3.05) is 10.5 Å². The van der Waals surface area contributed by atoms with E-state index < -0.39 is 26.6 Å². The lowest BCUT2D eigenvalue weighted by Crippen LogP contribution is -2.15. The SMILES string of the molecule is Nc1cc(Br)c(F)c(S(=O)(=O)Nc2ccc(F)cc2Cl)c1. The van der Waals surface area contributed by atoms with Crippen molar-refractivity contribution in [1.82, 2.24) is 0 Å². The molecule has 2 rings (SSSR count). The number of nitrogens with two attached hydrogens (primary N) is 1. The minimum atomic E-state index is -4.27. The maximum atomic E-state index is 13.9. The lowest BCUT2D eigenvalue weighted by molar-refractivity contribution is 0.566. The van der Waals surface area contributed by atoms with Crippen LogP contribution >= 0.6 is 27.5 Å². The summed E-state index contributed by atoms with van der Waals surface area (Å²) in [5.74, 6) is -1.62. The lowest BCUT2D eigenvalue weighted by atomic mass is 10.3. The molecule has 0 aliphatic carbocycles. The molecule has 112 valence electrons. The van der Waals surface area contributed by atoms with Crippen LogP contribution in [-0.2, 0) is 10.0 Å². The summed E-state index contributed by atoms with van der Waals surface area (Å²) in [6, 6.07) is 5.30. The summed E-state index contributed by atoms with van der Waals surface area (Å²) in [5.41, 5.74) is 5.49. The molecule has 0 aliphatic rings. The van der Waals surface area contributed by atoms with Gasteiger partial charge in [-0.3, -0.25) is 4.72 Å². The summed E-state index contributed by atoms with van der Waals surface area (Å²) < 4.78 is 53.2. The third-order valence-corrected chi connectivity index (χ3v) is 4.74.